The van der Waals surface area contributed by atoms with Crippen LogP contribution in [0.2, 0.25) is 10.0 Å². The van der Waals surface area contributed by atoms with Crippen LogP contribution in [0.25, 0.3) is 0 Å². The van der Waals surface area contributed by atoms with Gasteiger partial charge >= 0.3 is 0 Å². The molecule has 0 bridgehead atoms. The van der Waals surface area contributed by atoms with E-state index in [0.29, 0.717) is 28.7 Å². The van der Waals surface area contributed by atoms with Gasteiger partial charge in [-0.15, -0.1) is 0 Å². The Balaban J connectivity index is 2.24. The summed E-state index contributed by atoms with van der Waals surface area (Å²) in [5.74, 6) is -1.10. The summed E-state index contributed by atoms with van der Waals surface area (Å²) in [5.41, 5.74) is 2.50. The molecular weight excluding hydrogens is 431 g/mol. The van der Waals surface area contributed by atoms with E-state index in [1.54, 1.807) is 30.7 Å². The second-order valence-electron chi connectivity index (χ2n) is 6.59. The topological polar surface area (TPSA) is 95.8 Å². The summed E-state index contributed by atoms with van der Waals surface area (Å²) >= 11 is 12.0. The fourth-order valence-corrected chi connectivity index (χ4v) is 3.29. The van der Waals surface area contributed by atoms with Crippen LogP contribution >= 0.6 is 23.2 Å². The van der Waals surface area contributed by atoms with Crippen molar-refractivity contribution in [3.63, 3.8) is 0 Å². The number of benzene rings is 1. The number of likely N-dealkylation sites (N-methyl/N-ethyl adjacent to an activating group) is 1. The summed E-state index contributed by atoms with van der Waals surface area (Å²) in [4.78, 5) is 27.1. The average Bonchev–Trinajstić information content (AvgIpc) is 3.07. The first-order chi connectivity index (χ1) is 14.3. The van der Waals surface area contributed by atoms with Gasteiger partial charge in [0.05, 0.1) is 10.0 Å². The number of carbonyl (C=O) groups excluding carboxylic acids is 2. The molecular formula is C20H26Cl2N4O4. The number of carbonyl (C=O) groups is 2. The third-order valence-electron chi connectivity index (χ3n) is 4.67. The Labute approximate surface area is 185 Å². The molecule has 0 aliphatic heterocycles. The zero-order valence-corrected chi connectivity index (χ0v) is 18.7. The fraction of sp³-hybridized carbons (Fsp3) is 0.400. The lowest BCUT2D eigenvalue weighted by Crippen LogP contribution is -2.35. The molecule has 0 fully saturated rings. The summed E-state index contributed by atoms with van der Waals surface area (Å²) in [6, 6.07) is 5.00. The highest BCUT2D eigenvalue weighted by molar-refractivity contribution is 6.42. The summed E-state index contributed by atoms with van der Waals surface area (Å²) in [7, 11) is 1.62. The van der Waals surface area contributed by atoms with E-state index in [9.17, 15) is 9.59 Å². The number of ether oxygens (including phenoxy) is 1. The number of hydroxylamine groups is 1. The van der Waals surface area contributed by atoms with Crippen LogP contribution in [-0.4, -0.2) is 52.7 Å². The predicted molar refractivity (Wildman–Crippen MR) is 116 cm³/mol. The van der Waals surface area contributed by atoms with E-state index in [-0.39, 0.29) is 29.5 Å². The minimum Gasteiger partial charge on any atom is -0.486 e. The molecule has 0 saturated carbocycles. The molecule has 0 spiro atoms. The van der Waals surface area contributed by atoms with Crippen molar-refractivity contribution >= 4 is 35.0 Å². The average molecular weight is 457 g/mol. The van der Waals surface area contributed by atoms with Crippen LogP contribution < -0.4 is 15.5 Å². The van der Waals surface area contributed by atoms with Gasteiger partial charge in [0.15, 0.2) is 5.75 Å². The van der Waals surface area contributed by atoms with E-state index < -0.39 is 5.91 Å². The summed E-state index contributed by atoms with van der Waals surface area (Å²) in [6.45, 7) is 7.07. The fourth-order valence-electron chi connectivity index (χ4n) is 2.97. The van der Waals surface area contributed by atoms with Gasteiger partial charge in [-0.2, -0.15) is 0 Å². The van der Waals surface area contributed by atoms with Crippen molar-refractivity contribution in [1.29, 1.82) is 0 Å². The molecule has 30 heavy (non-hydrogen) atoms. The molecule has 0 aliphatic carbocycles. The maximum atomic E-state index is 12.8. The Bertz CT molecular complexity index is 897. The Hall–Kier alpha value is -2.26. The quantitative estimate of drug-likeness (QED) is 0.377. The van der Waals surface area contributed by atoms with Gasteiger partial charge in [0.25, 0.3) is 11.8 Å². The van der Waals surface area contributed by atoms with Crippen molar-refractivity contribution in [2.75, 3.05) is 26.2 Å². The third kappa shape index (κ3) is 5.89. The van der Waals surface area contributed by atoms with E-state index in [0.717, 1.165) is 13.1 Å². The van der Waals surface area contributed by atoms with Crippen LogP contribution in [0.1, 0.15) is 40.3 Å². The minimum atomic E-state index is -0.781. The number of hydrogen-bond donors (Lipinski definition) is 3. The van der Waals surface area contributed by atoms with E-state index in [4.69, 9.17) is 33.1 Å². The van der Waals surface area contributed by atoms with Gasteiger partial charge in [-0.05, 0) is 30.8 Å². The van der Waals surface area contributed by atoms with Gasteiger partial charge in [0.2, 0.25) is 0 Å². The third-order valence-corrected chi connectivity index (χ3v) is 5.41. The van der Waals surface area contributed by atoms with Crippen molar-refractivity contribution in [2.45, 2.75) is 20.5 Å². The summed E-state index contributed by atoms with van der Waals surface area (Å²) in [5, 5.41) is 12.7. The van der Waals surface area contributed by atoms with Crippen LogP contribution in [-0.2, 0) is 13.7 Å². The van der Waals surface area contributed by atoms with E-state index >= 15 is 0 Å². The zero-order valence-electron chi connectivity index (χ0n) is 17.2. The number of rotatable bonds is 10. The standard InChI is InChI=1S/C20H26Cl2N4O4/c1-4-26(5-2)9-8-23-20(28)17-18(14(11-25(17)3)19(27)24-29)30-12-13-6-7-15(21)16(22)10-13/h6-7,10-11,29H,4-5,8-9,12H2,1-3H3,(H,23,28)(H,24,27). The minimum absolute atomic E-state index is 0.0361. The molecule has 2 rings (SSSR count). The number of hydrogen-bond acceptors (Lipinski definition) is 5. The van der Waals surface area contributed by atoms with Crippen molar-refractivity contribution in [3.05, 3.63) is 51.3 Å². The van der Waals surface area contributed by atoms with Crippen LogP contribution in [0.15, 0.2) is 24.4 Å². The van der Waals surface area contributed by atoms with Crippen LogP contribution in [0.4, 0.5) is 0 Å². The number of nitrogens with one attached hydrogen (secondary N) is 2. The molecule has 0 unspecified atom stereocenters. The van der Waals surface area contributed by atoms with Crippen molar-refractivity contribution in [3.8, 4) is 5.75 Å². The molecule has 2 amide bonds. The van der Waals surface area contributed by atoms with E-state index in [2.05, 4.69) is 24.1 Å². The molecule has 10 heteroatoms. The maximum absolute atomic E-state index is 12.8. The van der Waals surface area contributed by atoms with Gasteiger partial charge in [0.1, 0.15) is 17.9 Å². The highest BCUT2D eigenvalue weighted by atomic mass is 35.5. The molecule has 1 aromatic carbocycles. The highest BCUT2D eigenvalue weighted by Gasteiger charge is 2.26. The van der Waals surface area contributed by atoms with Gasteiger partial charge in [-0.3, -0.25) is 14.8 Å². The monoisotopic (exact) mass is 456 g/mol. The maximum Gasteiger partial charge on any atom is 0.279 e. The molecule has 8 nitrogen and oxygen atoms in total. The van der Waals surface area contributed by atoms with Crippen molar-refractivity contribution < 1.29 is 19.5 Å². The van der Waals surface area contributed by atoms with Gasteiger partial charge < -0.3 is 19.5 Å². The molecule has 164 valence electrons. The van der Waals surface area contributed by atoms with Crippen molar-refractivity contribution in [1.82, 2.24) is 20.3 Å². The lowest BCUT2D eigenvalue weighted by Gasteiger charge is -2.18. The Morgan fingerprint density at radius 1 is 1.17 bits per heavy atom. The lowest BCUT2D eigenvalue weighted by atomic mass is 10.2. The predicted octanol–water partition coefficient (Wildman–Crippen LogP) is 3.10. The molecule has 3 N–H and O–H groups in total. The normalized spacial score (nSPS) is 10.9. The number of nitrogens with zero attached hydrogens (tertiary/aromatic N) is 2. The molecule has 0 saturated heterocycles. The molecule has 0 radical (unpaired) electrons. The second-order valence-corrected chi connectivity index (χ2v) is 7.41. The first kappa shape index (κ1) is 24.0. The first-order valence-electron chi connectivity index (χ1n) is 9.53. The Morgan fingerprint density at radius 2 is 1.87 bits per heavy atom. The number of aromatic nitrogens is 1. The molecule has 0 atom stereocenters. The van der Waals surface area contributed by atoms with E-state index in [1.807, 2.05) is 0 Å². The van der Waals surface area contributed by atoms with Gasteiger partial charge in [-0.1, -0.05) is 43.1 Å². The molecule has 2 aromatic rings. The number of halogens is 2. The van der Waals surface area contributed by atoms with Crippen LogP contribution in [0.3, 0.4) is 0 Å². The molecule has 1 aromatic heterocycles. The Morgan fingerprint density at radius 3 is 2.47 bits per heavy atom. The summed E-state index contributed by atoms with van der Waals surface area (Å²) < 4.78 is 7.31. The first-order valence-corrected chi connectivity index (χ1v) is 10.3. The van der Waals surface area contributed by atoms with Gasteiger partial charge in [0, 0.05) is 26.3 Å². The number of amides is 2. The molecule has 0 aliphatic rings. The second kappa shape index (κ2) is 11.2. The van der Waals surface area contributed by atoms with E-state index in [1.165, 1.54) is 10.8 Å². The highest BCUT2D eigenvalue weighted by Crippen LogP contribution is 2.28. The molecule has 1 heterocycles. The van der Waals surface area contributed by atoms with Crippen molar-refractivity contribution in [2.24, 2.45) is 7.05 Å². The Kier molecular flexibility index (Phi) is 8.98. The van der Waals surface area contributed by atoms with Crippen LogP contribution in [0.5, 0.6) is 5.75 Å². The lowest BCUT2D eigenvalue weighted by molar-refractivity contribution is 0.0702. The van der Waals surface area contributed by atoms with Gasteiger partial charge in [-0.25, -0.2) is 5.48 Å². The summed E-state index contributed by atoms with van der Waals surface area (Å²) in [6.07, 6.45) is 1.43. The zero-order chi connectivity index (χ0) is 22.3. The largest absolute Gasteiger partial charge is 0.486 e. The number of aryl methyl sites for hydroxylation is 1. The SMILES string of the molecule is CCN(CC)CCNC(=O)c1c(OCc2ccc(Cl)c(Cl)c2)c(C(=O)NO)cn1C. The van der Waals surface area contributed by atoms with Crippen LogP contribution in [0, 0.1) is 0 Å². The smallest absolute Gasteiger partial charge is 0.279 e.